The van der Waals surface area contributed by atoms with Gasteiger partial charge in [-0.15, -0.1) is 0 Å². The lowest BCUT2D eigenvalue weighted by molar-refractivity contribution is 0.195. The minimum Gasteiger partial charge on any atom is -0.385 e. The molecular weight excluding hydrogens is 248 g/mol. The molecule has 5 nitrogen and oxygen atoms in total. The van der Waals surface area contributed by atoms with Crippen molar-refractivity contribution < 1.29 is 4.74 Å². The van der Waals surface area contributed by atoms with Gasteiger partial charge in [0.2, 0.25) is 0 Å². The predicted molar refractivity (Wildman–Crippen MR) is 76.5 cm³/mol. The Morgan fingerprint density at radius 3 is 2.89 bits per heavy atom. The van der Waals surface area contributed by atoms with Crippen molar-refractivity contribution in [2.45, 2.75) is 19.9 Å². The van der Waals surface area contributed by atoms with Gasteiger partial charge in [-0.1, -0.05) is 0 Å². The third-order valence-electron chi connectivity index (χ3n) is 2.89. The summed E-state index contributed by atoms with van der Waals surface area (Å²) in [6.07, 6.45) is 2.84. The summed E-state index contributed by atoms with van der Waals surface area (Å²) in [6.45, 7) is 4.42. The van der Waals surface area contributed by atoms with Gasteiger partial charge in [-0.05, 0) is 25.6 Å². The molecule has 0 aliphatic carbocycles. The van der Waals surface area contributed by atoms with Crippen molar-refractivity contribution in [2.24, 2.45) is 7.05 Å². The highest BCUT2D eigenvalue weighted by Gasteiger charge is 2.09. The maximum absolute atomic E-state index is 5.32. The molecule has 0 fully saturated rings. The number of ether oxygens (including phenoxy) is 1. The summed E-state index contributed by atoms with van der Waals surface area (Å²) in [7, 11) is 5.63. The van der Waals surface area contributed by atoms with E-state index in [1.165, 1.54) is 11.3 Å². The molecule has 0 spiro atoms. The number of nitrogens with one attached hydrogen (secondary N) is 1. The van der Waals surface area contributed by atoms with Gasteiger partial charge in [0.1, 0.15) is 0 Å². The highest BCUT2D eigenvalue weighted by atomic mass is 32.1. The van der Waals surface area contributed by atoms with Gasteiger partial charge in [0.25, 0.3) is 0 Å². The Morgan fingerprint density at radius 1 is 1.61 bits per heavy atom. The molecule has 0 atom stereocenters. The summed E-state index contributed by atoms with van der Waals surface area (Å²) in [5, 5.41) is 8.20. The van der Waals surface area contributed by atoms with Crippen LogP contribution in [0.5, 0.6) is 0 Å². The van der Waals surface area contributed by atoms with Crippen molar-refractivity contribution in [2.75, 3.05) is 27.3 Å². The van der Waals surface area contributed by atoms with Crippen LogP contribution in [-0.2, 0) is 18.3 Å². The molecule has 0 amide bonds. The van der Waals surface area contributed by atoms with Crippen molar-refractivity contribution in [1.82, 2.24) is 20.0 Å². The molecule has 0 aliphatic heterocycles. The fourth-order valence-corrected chi connectivity index (χ4v) is 1.74. The zero-order chi connectivity index (χ0) is 13.5. The van der Waals surface area contributed by atoms with E-state index in [-0.39, 0.29) is 0 Å². The summed E-state index contributed by atoms with van der Waals surface area (Å²) in [6, 6.07) is 0. The second kappa shape index (κ2) is 7.33. The Bertz CT molecular complexity index is 391. The van der Waals surface area contributed by atoms with Crippen molar-refractivity contribution in [3.05, 3.63) is 17.5 Å². The number of aryl methyl sites for hydroxylation is 1. The van der Waals surface area contributed by atoms with Gasteiger partial charge in [0.15, 0.2) is 5.11 Å². The van der Waals surface area contributed by atoms with E-state index in [4.69, 9.17) is 17.0 Å². The minimum absolute atomic E-state index is 0.751. The van der Waals surface area contributed by atoms with Crippen LogP contribution in [0.1, 0.15) is 17.7 Å². The number of rotatable bonds is 6. The zero-order valence-electron chi connectivity index (χ0n) is 11.6. The summed E-state index contributed by atoms with van der Waals surface area (Å²) in [5.41, 5.74) is 2.37. The van der Waals surface area contributed by atoms with E-state index in [9.17, 15) is 0 Å². The quantitative estimate of drug-likeness (QED) is 0.619. The normalized spacial score (nSPS) is 10.4. The molecule has 0 radical (unpaired) electrons. The molecule has 0 saturated heterocycles. The summed E-state index contributed by atoms with van der Waals surface area (Å²) >= 11 is 5.32. The average molecular weight is 270 g/mol. The minimum atomic E-state index is 0.751. The number of methoxy groups -OCH3 is 1. The first-order chi connectivity index (χ1) is 8.56. The first-order valence-electron chi connectivity index (χ1n) is 6.01. The third-order valence-corrected chi connectivity index (χ3v) is 3.35. The van der Waals surface area contributed by atoms with Crippen LogP contribution >= 0.6 is 12.2 Å². The number of hydrogen-bond acceptors (Lipinski definition) is 3. The topological polar surface area (TPSA) is 42.3 Å². The summed E-state index contributed by atoms with van der Waals surface area (Å²) < 4.78 is 6.86. The van der Waals surface area contributed by atoms with Crippen LogP contribution in [0.2, 0.25) is 0 Å². The lowest BCUT2D eigenvalue weighted by Gasteiger charge is -2.20. The highest BCUT2D eigenvalue weighted by Crippen LogP contribution is 2.08. The number of thiocarbonyl (C=S) groups is 1. The maximum Gasteiger partial charge on any atom is 0.168 e. The van der Waals surface area contributed by atoms with Crippen LogP contribution in [0.15, 0.2) is 6.20 Å². The molecule has 1 aromatic heterocycles. The number of nitrogens with zero attached hydrogens (tertiary/aromatic N) is 3. The van der Waals surface area contributed by atoms with Gasteiger partial charge in [0.05, 0.1) is 6.20 Å². The second-order valence-corrected chi connectivity index (χ2v) is 4.70. The predicted octanol–water partition coefficient (Wildman–Crippen LogP) is 1.07. The molecule has 6 heteroatoms. The van der Waals surface area contributed by atoms with E-state index in [1.807, 2.05) is 29.9 Å². The Labute approximate surface area is 114 Å². The van der Waals surface area contributed by atoms with Crippen LogP contribution in [0.25, 0.3) is 0 Å². The Kier molecular flexibility index (Phi) is 6.07. The van der Waals surface area contributed by atoms with Crippen molar-refractivity contribution in [3.63, 3.8) is 0 Å². The molecule has 0 aromatic carbocycles. The Balaban J connectivity index is 2.38. The van der Waals surface area contributed by atoms with E-state index in [0.717, 1.165) is 31.2 Å². The smallest absolute Gasteiger partial charge is 0.168 e. The Hall–Kier alpha value is -1.14. The van der Waals surface area contributed by atoms with Crippen LogP contribution < -0.4 is 5.32 Å². The van der Waals surface area contributed by atoms with Crippen molar-refractivity contribution >= 4 is 17.3 Å². The van der Waals surface area contributed by atoms with Gasteiger partial charge < -0.3 is 15.0 Å². The number of hydrogen-bond donors (Lipinski definition) is 1. The molecule has 0 unspecified atom stereocenters. The lowest BCUT2D eigenvalue weighted by Crippen LogP contribution is -2.37. The van der Waals surface area contributed by atoms with Crippen LogP contribution in [0, 0.1) is 6.92 Å². The third kappa shape index (κ3) is 4.27. The monoisotopic (exact) mass is 270 g/mol. The van der Waals surface area contributed by atoms with E-state index < -0.39 is 0 Å². The van der Waals surface area contributed by atoms with Crippen molar-refractivity contribution in [3.8, 4) is 0 Å². The number of aromatic nitrogens is 2. The lowest BCUT2D eigenvalue weighted by atomic mass is 10.2. The van der Waals surface area contributed by atoms with E-state index in [2.05, 4.69) is 17.3 Å². The van der Waals surface area contributed by atoms with Crippen molar-refractivity contribution in [1.29, 1.82) is 0 Å². The van der Waals surface area contributed by atoms with Gasteiger partial charge in [-0.3, -0.25) is 4.68 Å². The largest absolute Gasteiger partial charge is 0.385 e. The first kappa shape index (κ1) is 14.9. The van der Waals surface area contributed by atoms with Gasteiger partial charge in [-0.2, -0.15) is 5.10 Å². The van der Waals surface area contributed by atoms with Crippen LogP contribution in [-0.4, -0.2) is 47.1 Å². The second-order valence-electron chi connectivity index (χ2n) is 4.31. The molecule has 1 heterocycles. The molecule has 0 aliphatic rings. The molecule has 0 saturated carbocycles. The highest BCUT2D eigenvalue weighted by molar-refractivity contribution is 7.80. The zero-order valence-corrected chi connectivity index (χ0v) is 12.4. The standard InChI is InChI=1S/C12H22N4OS/c1-10-11(8-14-16(10)3)9-15(2)12(18)13-6-5-7-17-4/h8H,5-7,9H2,1-4H3,(H,13,18). The molecule has 1 rings (SSSR count). The molecular formula is C12H22N4OS. The van der Waals surface area contributed by atoms with E-state index >= 15 is 0 Å². The first-order valence-corrected chi connectivity index (χ1v) is 6.42. The molecule has 0 bridgehead atoms. The fraction of sp³-hybridized carbons (Fsp3) is 0.667. The average Bonchev–Trinajstić information content (AvgIpc) is 2.66. The van der Waals surface area contributed by atoms with Gasteiger partial charge >= 0.3 is 0 Å². The molecule has 1 N–H and O–H groups in total. The Morgan fingerprint density at radius 2 is 2.33 bits per heavy atom. The molecule has 102 valence electrons. The summed E-state index contributed by atoms with van der Waals surface area (Å²) in [5.74, 6) is 0. The molecule has 18 heavy (non-hydrogen) atoms. The SMILES string of the molecule is COCCCNC(=S)N(C)Cc1cnn(C)c1C. The van der Waals surface area contributed by atoms with E-state index in [1.54, 1.807) is 7.11 Å². The van der Waals surface area contributed by atoms with E-state index in [0.29, 0.717) is 0 Å². The molecule has 1 aromatic rings. The van der Waals surface area contributed by atoms with Crippen LogP contribution in [0.4, 0.5) is 0 Å². The summed E-state index contributed by atoms with van der Waals surface area (Å²) in [4.78, 5) is 2.02. The maximum atomic E-state index is 5.32. The van der Waals surface area contributed by atoms with Gasteiger partial charge in [-0.25, -0.2) is 0 Å². The fourth-order valence-electron chi connectivity index (χ4n) is 1.57. The van der Waals surface area contributed by atoms with Crippen LogP contribution in [0.3, 0.4) is 0 Å². The van der Waals surface area contributed by atoms with Gasteiger partial charge in [0, 0.05) is 52.2 Å².